The molecule has 0 amide bonds. The topological polar surface area (TPSA) is 38.5 Å². The van der Waals surface area contributed by atoms with Crippen molar-refractivity contribution in [2.75, 3.05) is 20.3 Å². The van der Waals surface area contributed by atoms with Gasteiger partial charge >= 0.3 is 0 Å². The molecule has 1 rings (SSSR count). The molecule has 4 heteroatoms. The zero-order valence-electron chi connectivity index (χ0n) is 12.1. The number of nitrogens with zero attached hydrogens (tertiary/aromatic N) is 1. The first-order chi connectivity index (χ1) is 8.49. The van der Waals surface area contributed by atoms with Crippen LogP contribution in [-0.4, -0.2) is 37.2 Å². The van der Waals surface area contributed by atoms with Crippen LogP contribution in [0.3, 0.4) is 0 Å². The molecule has 0 saturated carbocycles. The van der Waals surface area contributed by atoms with Crippen LogP contribution in [0, 0.1) is 6.92 Å². The second kappa shape index (κ2) is 7.24. The van der Waals surface area contributed by atoms with E-state index in [9.17, 15) is 0 Å². The van der Waals surface area contributed by atoms with Crippen molar-refractivity contribution in [3.05, 3.63) is 21.9 Å². The molecule has 3 nitrogen and oxygen atoms in total. The van der Waals surface area contributed by atoms with Crippen LogP contribution in [0.1, 0.15) is 37.3 Å². The molecule has 0 spiro atoms. The van der Waals surface area contributed by atoms with Gasteiger partial charge in [0.1, 0.15) is 0 Å². The zero-order chi connectivity index (χ0) is 13.7. The first kappa shape index (κ1) is 15.6. The van der Waals surface area contributed by atoms with Gasteiger partial charge in [-0.15, -0.1) is 11.3 Å². The lowest BCUT2D eigenvalue weighted by molar-refractivity contribution is 0.0875. The number of nitrogens with two attached hydrogens (primary N) is 1. The minimum atomic E-state index is 0.113. The average Bonchev–Trinajstić information content (AvgIpc) is 2.69. The van der Waals surface area contributed by atoms with Gasteiger partial charge in [0, 0.05) is 30.6 Å². The molecule has 2 atom stereocenters. The number of thiophene rings is 1. The molecule has 1 aromatic heterocycles. The van der Waals surface area contributed by atoms with Crippen molar-refractivity contribution in [3.63, 3.8) is 0 Å². The van der Waals surface area contributed by atoms with Gasteiger partial charge in [0.05, 0.1) is 12.6 Å². The molecule has 0 radical (unpaired) electrons. The number of rotatable bonds is 7. The third kappa shape index (κ3) is 3.79. The van der Waals surface area contributed by atoms with E-state index in [2.05, 4.69) is 44.0 Å². The predicted octanol–water partition coefficient (Wildman–Crippen LogP) is 2.80. The number of ether oxygens (including phenoxy) is 1. The van der Waals surface area contributed by atoms with Gasteiger partial charge in [-0.25, -0.2) is 0 Å². The first-order valence-corrected chi connectivity index (χ1v) is 7.41. The van der Waals surface area contributed by atoms with Gasteiger partial charge in [-0.05, 0) is 44.7 Å². The monoisotopic (exact) mass is 270 g/mol. The number of methoxy groups -OCH3 is 1. The summed E-state index contributed by atoms with van der Waals surface area (Å²) >= 11 is 1.80. The van der Waals surface area contributed by atoms with Gasteiger partial charge in [0.15, 0.2) is 0 Å². The molecule has 1 heterocycles. The van der Waals surface area contributed by atoms with E-state index >= 15 is 0 Å². The highest BCUT2D eigenvalue weighted by Gasteiger charge is 2.27. The summed E-state index contributed by atoms with van der Waals surface area (Å²) in [5, 5.41) is 2.15. The molecule has 0 aliphatic carbocycles. The zero-order valence-corrected chi connectivity index (χ0v) is 13.0. The summed E-state index contributed by atoms with van der Waals surface area (Å²) in [7, 11) is 1.75. The molecule has 1 aromatic rings. The SMILES string of the molecule is COCCN(C(C)C)C(c1sccc1C)C(C)N. The van der Waals surface area contributed by atoms with Gasteiger partial charge in [0.2, 0.25) is 0 Å². The van der Waals surface area contributed by atoms with Gasteiger partial charge in [-0.1, -0.05) is 0 Å². The van der Waals surface area contributed by atoms with Crippen molar-refractivity contribution in [2.45, 2.75) is 45.8 Å². The summed E-state index contributed by atoms with van der Waals surface area (Å²) in [4.78, 5) is 3.82. The summed E-state index contributed by atoms with van der Waals surface area (Å²) in [6, 6.07) is 3.02. The molecule has 0 bridgehead atoms. The lowest BCUT2D eigenvalue weighted by Crippen LogP contribution is -2.44. The Labute approximate surface area is 115 Å². The van der Waals surface area contributed by atoms with Gasteiger partial charge in [-0.2, -0.15) is 0 Å². The standard InChI is InChI=1S/C14H26N2OS/c1-10(2)16(7-8-17-5)13(12(4)15)14-11(3)6-9-18-14/h6,9-10,12-13H,7-8,15H2,1-5H3. The number of hydrogen-bond acceptors (Lipinski definition) is 4. The maximum absolute atomic E-state index is 6.23. The van der Waals surface area contributed by atoms with Crippen molar-refractivity contribution < 1.29 is 4.74 Å². The van der Waals surface area contributed by atoms with E-state index in [0.717, 1.165) is 13.2 Å². The van der Waals surface area contributed by atoms with Crippen molar-refractivity contribution >= 4 is 11.3 Å². The summed E-state index contributed by atoms with van der Waals surface area (Å²) in [5.41, 5.74) is 7.57. The predicted molar refractivity (Wildman–Crippen MR) is 79.2 cm³/mol. The Hall–Kier alpha value is -0.420. The first-order valence-electron chi connectivity index (χ1n) is 6.53. The van der Waals surface area contributed by atoms with Crippen molar-refractivity contribution in [1.82, 2.24) is 4.90 Å². The van der Waals surface area contributed by atoms with Crippen LogP contribution < -0.4 is 5.73 Å². The number of hydrogen-bond donors (Lipinski definition) is 1. The third-order valence-electron chi connectivity index (χ3n) is 3.24. The Morgan fingerprint density at radius 1 is 1.39 bits per heavy atom. The summed E-state index contributed by atoms with van der Waals surface area (Å²) in [5.74, 6) is 0. The van der Waals surface area contributed by atoms with E-state index in [0.29, 0.717) is 6.04 Å². The van der Waals surface area contributed by atoms with Crippen LogP contribution in [-0.2, 0) is 4.74 Å². The Balaban J connectivity index is 2.97. The minimum absolute atomic E-state index is 0.113. The molecule has 0 aromatic carbocycles. The summed E-state index contributed by atoms with van der Waals surface area (Å²) < 4.78 is 5.22. The molecular formula is C14H26N2OS. The van der Waals surface area contributed by atoms with Crippen LogP contribution in [0.25, 0.3) is 0 Å². The quantitative estimate of drug-likeness (QED) is 0.828. The van der Waals surface area contributed by atoms with Crippen molar-refractivity contribution in [3.8, 4) is 0 Å². The summed E-state index contributed by atoms with van der Waals surface area (Å²) in [6.45, 7) is 10.3. The lowest BCUT2D eigenvalue weighted by Gasteiger charge is -2.37. The van der Waals surface area contributed by atoms with Gasteiger partial charge in [-0.3, -0.25) is 4.90 Å². The lowest BCUT2D eigenvalue weighted by atomic mass is 10.0. The van der Waals surface area contributed by atoms with E-state index in [4.69, 9.17) is 10.5 Å². The van der Waals surface area contributed by atoms with E-state index in [1.54, 1.807) is 18.4 Å². The van der Waals surface area contributed by atoms with Crippen LogP contribution in [0.15, 0.2) is 11.4 Å². The fourth-order valence-electron chi connectivity index (χ4n) is 2.29. The van der Waals surface area contributed by atoms with Crippen LogP contribution in [0.2, 0.25) is 0 Å². The normalized spacial score (nSPS) is 15.3. The van der Waals surface area contributed by atoms with E-state index < -0.39 is 0 Å². The third-order valence-corrected chi connectivity index (χ3v) is 4.33. The average molecular weight is 270 g/mol. The molecule has 0 saturated heterocycles. The second-order valence-electron chi connectivity index (χ2n) is 5.10. The molecule has 2 N–H and O–H groups in total. The molecule has 0 fully saturated rings. The Morgan fingerprint density at radius 3 is 2.44 bits per heavy atom. The Morgan fingerprint density at radius 2 is 2.06 bits per heavy atom. The maximum atomic E-state index is 6.23. The number of aryl methyl sites for hydroxylation is 1. The highest BCUT2D eigenvalue weighted by Crippen LogP contribution is 2.31. The fourth-order valence-corrected chi connectivity index (χ4v) is 3.46. The van der Waals surface area contributed by atoms with Crippen molar-refractivity contribution in [2.24, 2.45) is 5.73 Å². The van der Waals surface area contributed by atoms with E-state index in [1.165, 1.54) is 10.4 Å². The second-order valence-corrected chi connectivity index (χ2v) is 6.04. The van der Waals surface area contributed by atoms with E-state index in [-0.39, 0.29) is 12.1 Å². The molecule has 18 heavy (non-hydrogen) atoms. The fraction of sp³-hybridized carbons (Fsp3) is 0.714. The minimum Gasteiger partial charge on any atom is -0.383 e. The largest absolute Gasteiger partial charge is 0.383 e. The molecule has 2 unspecified atom stereocenters. The molecule has 0 aliphatic rings. The Bertz CT molecular complexity index is 349. The van der Waals surface area contributed by atoms with Gasteiger partial charge in [0.25, 0.3) is 0 Å². The van der Waals surface area contributed by atoms with Crippen molar-refractivity contribution in [1.29, 1.82) is 0 Å². The maximum Gasteiger partial charge on any atom is 0.0596 e. The van der Waals surface area contributed by atoms with Crippen LogP contribution in [0.4, 0.5) is 0 Å². The molecule has 104 valence electrons. The van der Waals surface area contributed by atoms with Crippen LogP contribution >= 0.6 is 11.3 Å². The Kier molecular flexibility index (Phi) is 6.29. The smallest absolute Gasteiger partial charge is 0.0596 e. The van der Waals surface area contributed by atoms with E-state index in [1.807, 2.05) is 0 Å². The molecular weight excluding hydrogens is 244 g/mol. The van der Waals surface area contributed by atoms with Gasteiger partial charge < -0.3 is 10.5 Å². The molecule has 0 aliphatic heterocycles. The summed E-state index contributed by atoms with van der Waals surface area (Å²) in [6.07, 6.45) is 0. The van der Waals surface area contributed by atoms with Crippen LogP contribution in [0.5, 0.6) is 0 Å². The highest BCUT2D eigenvalue weighted by molar-refractivity contribution is 7.10. The highest BCUT2D eigenvalue weighted by atomic mass is 32.1.